The van der Waals surface area contributed by atoms with Gasteiger partial charge in [0.15, 0.2) is 5.78 Å². The molecule has 2 aromatic carbocycles. The molecule has 0 amide bonds. The van der Waals surface area contributed by atoms with Gasteiger partial charge in [-0.05, 0) is 43.3 Å². The number of fused-ring (bicyclic) bond motifs is 1. The number of anilines is 2. The number of hydrogen-bond donors (Lipinski definition) is 2. The minimum Gasteiger partial charge on any atom is -0.374 e. The zero-order chi connectivity index (χ0) is 15.7. The van der Waals surface area contributed by atoms with Gasteiger partial charge in [0.25, 0.3) is 0 Å². The number of nitrogens with one attached hydrogen (secondary N) is 1. The average Bonchev–Trinajstić information content (AvgIpc) is 2.89. The Morgan fingerprint density at radius 1 is 1.27 bits per heavy atom. The van der Waals surface area contributed by atoms with Crippen LogP contribution in [-0.4, -0.2) is 20.7 Å². The molecule has 112 valence electrons. The highest BCUT2D eigenvalue weighted by Crippen LogP contribution is 2.23. The number of aliphatic hydroxyl groups excluding tert-OH is 1. The lowest BCUT2D eigenvalue weighted by Crippen LogP contribution is -2.00. The van der Waals surface area contributed by atoms with Crippen molar-refractivity contribution in [2.75, 3.05) is 5.32 Å². The normalized spacial score (nSPS) is 10.9. The maximum atomic E-state index is 13.8. The van der Waals surface area contributed by atoms with Crippen LogP contribution >= 0.6 is 0 Å². The van der Waals surface area contributed by atoms with Gasteiger partial charge in [-0.3, -0.25) is 4.79 Å². The van der Waals surface area contributed by atoms with Crippen molar-refractivity contribution in [3.8, 4) is 0 Å². The number of hydrogen-bond acceptors (Lipinski definition) is 4. The predicted molar refractivity (Wildman–Crippen MR) is 81.6 cm³/mol. The van der Waals surface area contributed by atoms with Crippen LogP contribution < -0.4 is 5.32 Å². The molecule has 3 rings (SSSR count). The molecule has 0 aliphatic rings. The maximum Gasteiger partial charge on any atom is 0.162 e. The summed E-state index contributed by atoms with van der Waals surface area (Å²) in [7, 11) is 0. The van der Waals surface area contributed by atoms with Crippen molar-refractivity contribution in [3.63, 3.8) is 0 Å². The van der Waals surface area contributed by atoms with Gasteiger partial charge in [0.2, 0.25) is 0 Å². The number of carbonyl (C=O) groups is 1. The highest BCUT2D eigenvalue weighted by molar-refractivity contribution is 5.94. The maximum absolute atomic E-state index is 13.8. The molecule has 1 heterocycles. The Balaban J connectivity index is 1.92. The molecule has 5 nitrogen and oxygen atoms in total. The summed E-state index contributed by atoms with van der Waals surface area (Å²) in [6.45, 7) is 1.12. The van der Waals surface area contributed by atoms with Crippen LogP contribution in [0.1, 0.15) is 17.3 Å². The Morgan fingerprint density at radius 2 is 2.00 bits per heavy atom. The number of benzene rings is 2. The highest BCUT2D eigenvalue weighted by Gasteiger charge is 2.08. The van der Waals surface area contributed by atoms with Crippen LogP contribution in [0.3, 0.4) is 0 Å². The Kier molecular flexibility index (Phi) is 3.60. The Morgan fingerprint density at radius 3 is 2.68 bits per heavy atom. The summed E-state index contributed by atoms with van der Waals surface area (Å²) in [6, 6.07) is 9.89. The lowest BCUT2D eigenvalue weighted by Gasteiger charge is -2.08. The Hall–Kier alpha value is -2.73. The number of Topliss-reactive ketones (excluding diaryl/α,β-unsaturated/α-hetero) is 1. The van der Waals surface area contributed by atoms with Crippen molar-refractivity contribution in [2.45, 2.75) is 13.7 Å². The highest BCUT2D eigenvalue weighted by atomic mass is 19.1. The lowest BCUT2D eigenvalue weighted by atomic mass is 10.1. The van der Waals surface area contributed by atoms with E-state index in [1.165, 1.54) is 23.7 Å². The van der Waals surface area contributed by atoms with Crippen molar-refractivity contribution in [3.05, 3.63) is 54.0 Å². The molecule has 3 aromatic rings. The molecule has 0 saturated carbocycles. The van der Waals surface area contributed by atoms with E-state index in [0.29, 0.717) is 5.69 Å². The molecular weight excluding hydrogens is 285 g/mol. The number of ketones is 1. The summed E-state index contributed by atoms with van der Waals surface area (Å²) in [5, 5.41) is 17.2. The largest absolute Gasteiger partial charge is 0.374 e. The van der Waals surface area contributed by atoms with Crippen molar-refractivity contribution in [1.29, 1.82) is 0 Å². The van der Waals surface area contributed by atoms with Crippen LogP contribution in [0.25, 0.3) is 10.9 Å². The molecule has 6 heteroatoms. The van der Waals surface area contributed by atoms with E-state index in [1.54, 1.807) is 12.3 Å². The third kappa shape index (κ3) is 2.56. The van der Waals surface area contributed by atoms with Gasteiger partial charge in [-0.15, -0.1) is 0 Å². The van der Waals surface area contributed by atoms with E-state index < -0.39 is 5.82 Å². The number of rotatable bonds is 4. The third-order valence-electron chi connectivity index (χ3n) is 3.42. The summed E-state index contributed by atoms with van der Waals surface area (Å²) in [5.41, 5.74) is 2.11. The quantitative estimate of drug-likeness (QED) is 0.727. The molecule has 1 aromatic heterocycles. The van der Waals surface area contributed by atoms with E-state index in [-0.39, 0.29) is 18.1 Å². The summed E-state index contributed by atoms with van der Waals surface area (Å²) in [5.74, 6) is -0.865. The van der Waals surface area contributed by atoms with Crippen LogP contribution in [0.5, 0.6) is 0 Å². The monoisotopic (exact) mass is 299 g/mol. The van der Waals surface area contributed by atoms with Crippen LogP contribution in [0.4, 0.5) is 15.8 Å². The molecule has 0 saturated heterocycles. The van der Waals surface area contributed by atoms with E-state index >= 15 is 0 Å². The second-order valence-electron chi connectivity index (χ2n) is 4.93. The second-order valence-corrected chi connectivity index (χ2v) is 4.93. The molecule has 0 spiro atoms. The number of nitrogens with zero attached hydrogens (tertiary/aromatic N) is 2. The molecular formula is C16H14FN3O2. The number of halogens is 1. The molecule has 0 aliphatic heterocycles. The predicted octanol–water partition coefficient (Wildman–Crippen LogP) is 3.07. The van der Waals surface area contributed by atoms with E-state index in [2.05, 4.69) is 10.4 Å². The molecule has 0 fully saturated rings. The van der Waals surface area contributed by atoms with Gasteiger partial charge in [0.1, 0.15) is 12.5 Å². The molecule has 0 unspecified atom stereocenters. The number of aromatic nitrogens is 2. The van der Waals surface area contributed by atoms with Crippen LogP contribution in [0, 0.1) is 5.82 Å². The molecule has 0 radical (unpaired) electrons. The van der Waals surface area contributed by atoms with Crippen molar-refractivity contribution < 1.29 is 14.3 Å². The summed E-state index contributed by atoms with van der Waals surface area (Å²) >= 11 is 0. The molecule has 0 bridgehead atoms. The lowest BCUT2D eigenvalue weighted by molar-refractivity contribution is 0.101. The van der Waals surface area contributed by atoms with E-state index in [9.17, 15) is 14.3 Å². The Bertz CT molecular complexity index is 858. The standard InChI is InChI=1S/C16H14FN3O2/c1-10(22)14-5-4-12(6-15(14)17)19-13-3-2-11-8-18-20(9-21)16(11)7-13/h2-8,19,21H,9H2,1H3. The van der Waals surface area contributed by atoms with Crippen LogP contribution in [0.15, 0.2) is 42.6 Å². The van der Waals surface area contributed by atoms with E-state index in [0.717, 1.165) is 16.6 Å². The number of aliphatic hydroxyl groups is 1. The van der Waals surface area contributed by atoms with Gasteiger partial charge in [-0.2, -0.15) is 5.10 Å². The van der Waals surface area contributed by atoms with Crippen LogP contribution in [-0.2, 0) is 6.73 Å². The first-order valence-corrected chi connectivity index (χ1v) is 6.72. The fourth-order valence-corrected chi connectivity index (χ4v) is 2.31. The molecule has 0 atom stereocenters. The van der Waals surface area contributed by atoms with Crippen LogP contribution in [0.2, 0.25) is 0 Å². The fraction of sp³-hybridized carbons (Fsp3) is 0.125. The number of carbonyl (C=O) groups excluding carboxylic acids is 1. The first-order chi connectivity index (χ1) is 10.6. The second kappa shape index (κ2) is 5.57. The van der Waals surface area contributed by atoms with Gasteiger partial charge >= 0.3 is 0 Å². The first kappa shape index (κ1) is 14.2. The average molecular weight is 299 g/mol. The van der Waals surface area contributed by atoms with Gasteiger partial charge in [-0.25, -0.2) is 9.07 Å². The smallest absolute Gasteiger partial charge is 0.162 e. The Labute approximate surface area is 126 Å². The summed E-state index contributed by atoms with van der Waals surface area (Å²) in [6.07, 6.45) is 1.66. The minimum absolute atomic E-state index is 0.0689. The van der Waals surface area contributed by atoms with E-state index in [1.807, 2.05) is 18.2 Å². The summed E-state index contributed by atoms with van der Waals surface area (Å²) < 4.78 is 15.3. The zero-order valence-electron chi connectivity index (χ0n) is 11.9. The van der Waals surface area contributed by atoms with Gasteiger partial charge in [-0.1, -0.05) is 0 Å². The van der Waals surface area contributed by atoms with Crippen molar-refractivity contribution >= 4 is 28.1 Å². The SMILES string of the molecule is CC(=O)c1ccc(Nc2ccc3cnn(CO)c3c2)cc1F. The van der Waals surface area contributed by atoms with Gasteiger partial charge in [0.05, 0.1) is 17.3 Å². The van der Waals surface area contributed by atoms with Crippen molar-refractivity contribution in [1.82, 2.24) is 9.78 Å². The molecule has 22 heavy (non-hydrogen) atoms. The zero-order valence-corrected chi connectivity index (χ0v) is 11.9. The third-order valence-corrected chi connectivity index (χ3v) is 3.42. The minimum atomic E-state index is -0.557. The van der Waals surface area contributed by atoms with E-state index in [4.69, 9.17) is 0 Å². The molecule has 2 N–H and O–H groups in total. The summed E-state index contributed by atoms with van der Waals surface area (Å²) in [4.78, 5) is 11.2. The fourth-order valence-electron chi connectivity index (χ4n) is 2.31. The first-order valence-electron chi connectivity index (χ1n) is 6.72. The van der Waals surface area contributed by atoms with Gasteiger partial charge in [0, 0.05) is 16.8 Å². The van der Waals surface area contributed by atoms with Crippen molar-refractivity contribution in [2.24, 2.45) is 0 Å². The van der Waals surface area contributed by atoms with Gasteiger partial charge < -0.3 is 10.4 Å². The topological polar surface area (TPSA) is 67.2 Å². The molecule has 0 aliphatic carbocycles.